The second kappa shape index (κ2) is 6.17. The van der Waals surface area contributed by atoms with Crippen LogP contribution in [0.1, 0.15) is 25.7 Å². The Labute approximate surface area is 111 Å². The van der Waals surface area contributed by atoms with E-state index in [0.29, 0.717) is 5.69 Å². The number of carbonyl (C=O) groups excluding carboxylic acids is 1. The normalized spacial score (nSPS) is 15.1. The third kappa shape index (κ3) is 3.94. The van der Waals surface area contributed by atoms with Crippen LogP contribution in [0.5, 0.6) is 0 Å². The van der Waals surface area contributed by atoms with E-state index >= 15 is 0 Å². The highest BCUT2D eigenvalue weighted by Crippen LogP contribution is 2.18. The van der Waals surface area contributed by atoms with Gasteiger partial charge in [-0.2, -0.15) is 0 Å². The monoisotopic (exact) mass is 263 g/mol. The van der Waals surface area contributed by atoms with E-state index in [1.165, 1.54) is 19.3 Å². The molecule has 1 aromatic heterocycles. The quantitative estimate of drug-likeness (QED) is 0.804. The third-order valence-electron chi connectivity index (χ3n) is 3.02. The van der Waals surface area contributed by atoms with Crippen LogP contribution in [0, 0.1) is 0 Å². The summed E-state index contributed by atoms with van der Waals surface area (Å²) in [6.45, 7) is 2.02. The number of nitrogens with zero attached hydrogens (tertiary/aromatic N) is 2. The van der Waals surface area contributed by atoms with Gasteiger partial charge in [0.15, 0.2) is 0 Å². The number of hydrogen-bond acceptors (Lipinski definition) is 4. The van der Waals surface area contributed by atoms with Crippen LogP contribution >= 0.6 is 0 Å². The maximum Gasteiger partial charge on any atom is 0.312 e. The Hall–Kier alpha value is -2.11. The van der Waals surface area contributed by atoms with Crippen LogP contribution in [0.2, 0.25) is 0 Å². The van der Waals surface area contributed by atoms with Gasteiger partial charge in [0.05, 0.1) is 11.9 Å². The number of pyridine rings is 1. The van der Waals surface area contributed by atoms with Gasteiger partial charge in [0, 0.05) is 13.1 Å². The van der Waals surface area contributed by atoms with Crippen molar-refractivity contribution in [2.75, 3.05) is 23.3 Å². The van der Waals surface area contributed by atoms with Gasteiger partial charge in [0.25, 0.3) is 0 Å². The zero-order valence-corrected chi connectivity index (χ0v) is 10.6. The molecule has 102 valence electrons. The smallest absolute Gasteiger partial charge is 0.312 e. The average molecular weight is 263 g/mol. The van der Waals surface area contributed by atoms with Gasteiger partial charge in [-0.3, -0.25) is 9.59 Å². The number of aliphatic carboxylic acids is 1. The Balaban J connectivity index is 1.94. The fourth-order valence-corrected chi connectivity index (χ4v) is 2.11. The van der Waals surface area contributed by atoms with Crippen molar-refractivity contribution in [2.24, 2.45) is 0 Å². The topological polar surface area (TPSA) is 82.5 Å². The number of carbonyl (C=O) groups is 2. The Morgan fingerprint density at radius 2 is 2.00 bits per heavy atom. The fraction of sp³-hybridized carbons (Fsp3) is 0.462. The predicted octanol–water partition coefficient (Wildman–Crippen LogP) is 1.49. The Kier molecular flexibility index (Phi) is 4.33. The van der Waals surface area contributed by atoms with E-state index in [9.17, 15) is 9.59 Å². The van der Waals surface area contributed by atoms with Crippen molar-refractivity contribution < 1.29 is 14.7 Å². The van der Waals surface area contributed by atoms with E-state index in [1.54, 1.807) is 12.3 Å². The standard InChI is InChI=1S/C13H17N3O3/c17-12(8-13(18)19)15-10-4-5-11(14-9-10)16-6-2-1-3-7-16/h4-5,9H,1-3,6-8H2,(H,15,17)(H,18,19). The summed E-state index contributed by atoms with van der Waals surface area (Å²) in [4.78, 5) is 28.2. The highest BCUT2D eigenvalue weighted by molar-refractivity contribution is 6.01. The molecule has 1 fully saturated rings. The molecule has 6 heteroatoms. The predicted molar refractivity (Wildman–Crippen MR) is 71.2 cm³/mol. The van der Waals surface area contributed by atoms with Crippen LogP contribution in [0.3, 0.4) is 0 Å². The first-order valence-electron chi connectivity index (χ1n) is 6.38. The first-order valence-corrected chi connectivity index (χ1v) is 6.38. The van der Waals surface area contributed by atoms with Crippen LogP contribution in [0.4, 0.5) is 11.5 Å². The molecule has 0 radical (unpaired) electrons. The molecule has 2 N–H and O–H groups in total. The van der Waals surface area contributed by atoms with Gasteiger partial charge in [-0.1, -0.05) is 0 Å². The van der Waals surface area contributed by atoms with Crippen LogP contribution < -0.4 is 10.2 Å². The van der Waals surface area contributed by atoms with Crippen molar-refractivity contribution in [1.29, 1.82) is 0 Å². The summed E-state index contributed by atoms with van der Waals surface area (Å²) >= 11 is 0. The highest BCUT2D eigenvalue weighted by atomic mass is 16.4. The van der Waals surface area contributed by atoms with Gasteiger partial charge in [-0.05, 0) is 31.4 Å². The van der Waals surface area contributed by atoms with Crippen LogP contribution in [-0.2, 0) is 9.59 Å². The number of piperidine rings is 1. The highest BCUT2D eigenvalue weighted by Gasteiger charge is 2.12. The minimum atomic E-state index is -1.14. The number of nitrogens with one attached hydrogen (secondary N) is 1. The first-order chi connectivity index (χ1) is 9.15. The third-order valence-corrected chi connectivity index (χ3v) is 3.02. The largest absolute Gasteiger partial charge is 0.481 e. The van der Waals surface area contributed by atoms with Crippen molar-refractivity contribution in [3.8, 4) is 0 Å². The van der Waals surface area contributed by atoms with Gasteiger partial charge in [-0.15, -0.1) is 0 Å². The van der Waals surface area contributed by atoms with E-state index in [0.717, 1.165) is 18.9 Å². The maximum atomic E-state index is 11.3. The number of carboxylic acid groups (broad SMARTS) is 1. The van der Waals surface area contributed by atoms with Crippen molar-refractivity contribution in [2.45, 2.75) is 25.7 Å². The van der Waals surface area contributed by atoms with Gasteiger partial charge in [-0.25, -0.2) is 4.98 Å². The Morgan fingerprint density at radius 3 is 2.58 bits per heavy atom. The molecule has 1 aromatic rings. The van der Waals surface area contributed by atoms with E-state index in [2.05, 4.69) is 15.2 Å². The molecular weight excluding hydrogens is 246 g/mol. The minimum Gasteiger partial charge on any atom is -0.481 e. The molecule has 0 aromatic carbocycles. The summed E-state index contributed by atoms with van der Waals surface area (Å²) in [5.74, 6) is -0.786. The van der Waals surface area contributed by atoms with Crippen molar-refractivity contribution in [3.63, 3.8) is 0 Å². The van der Waals surface area contributed by atoms with Gasteiger partial charge in [0.2, 0.25) is 5.91 Å². The summed E-state index contributed by atoms with van der Waals surface area (Å²) in [5, 5.41) is 11.0. The van der Waals surface area contributed by atoms with Gasteiger partial charge < -0.3 is 15.3 Å². The average Bonchev–Trinajstić information content (AvgIpc) is 2.39. The second-order valence-corrected chi connectivity index (χ2v) is 4.57. The Bertz CT molecular complexity index is 453. The Morgan fingerprint density at radius 1 is 1.26 bits per heavy atom. The summed E-state index contributed by atoms with van der Waals surface area (Å²) in [7, 11) is 0. The van der Waals surface area contributed by atoms with Crippen LogP contribution in [-0.4, -0.2) is 35.1 Å². The zero-order chi connectivity index (χ0) is 13.7. The molecule has 0 aliphatic carbocycles. The molecule has 1 amide bonds. The maximum absolute atomic E-state index is 11.3. The van der Waals surface area contributed by atoms with Crippen molar-refractivity contribution in [1.82, 2.24) is 4.98 Å². The molecule has 0 atom stereocenters. The van der Waals surface area contributed by atoms with Crippen LogP contribution in [0.25, 0.3) is 0 Å². The molecule has 1 aliphatic rings. The van der Waals surface area contributed by atoms with Gasteiger partial charge in [0.1, 0.15) is 12.2 Å². The van der Waals surface area contributed by atoms with E-state index in [-0.39, 0.29) is 0 Å². The molecular formula is C13H17N3O3. The molecule has 19 heavy (non-hydrogen) atoms. The zero-order valence-electron chi connectivity index (χ0n) is 10.6. The lowest BCUT2D eigenvalue weighted by Gasteiger charge is -2.27. The number of carboxylic acids is 1. The molecule has 1 saturated heterocycles. The second-order valence-electron chi connectivity index (χ2n) is 4.57. The number of hydrogen-bond donors (Lipinski definition) is 2. The molecule has 6 nitrogen and oxygen atoms in total. The molecule has 0 saturated carbocycles. The van der Waals surface area contributed by atoms with E-state index < -0.39 is 18.3 Å². The molecule has 0 bridgehead atoms. The number of amides is 1. The lowest BCUT2D eigenvalue weighted by Crippen LogP contribution is -2.30. The molecule has 2 heterocycles. The summed E-state index contributed by atoms with van der Waals surface area (Å²) in [6.07, 6.45) is 4.65. The summed E-state index contributed by atoms with van der Waals surface area (Å²) in [6, 6.07) is 3.60. The lowest BCUT2D eigenvalue weighted by atomic mass is 10.1. The fourth-order valence-electron chi connectivity index (χ4n) is 2.11. The number of rotatable bonds is 4. The van der Waals surface area contributed by atoms with Gasteiger partial charge >= 0.3 is 5.97 Å². The molecule has 0 spiro atoms. The van der Waals surface area contributed by atoms with E-state index in [4.69, 9.17) is 5.11 Å². The minimum absolute atomic E-state index is 0.520. The molecule has 1 aliphatic heterocycles. The van der Waals surface area contributed by atoms with Crippen LogP contribution in [0.15, 0.2) is 18.3 Å². The summed E-state index contributed by atoms with van der Waals surface area (Å²) < 4.78 is 0. The molecule has 0 unspecified atom stereocenters. The number of aromatic nitrogens is 1. The summed E-state index contributed by atoms with van der Waals surface area (Å²) in [5.41, 5.74) is 0.520. The SMILES string of the molecule is O=C(O)CC(=O)Nc1ccc(N2CCCCC2)nc1. The lowest BCUT2D eigenvalue weighted by molar-refractivity contribution is -0.139. The van der Waals surface area contributed by atoms with E-state index in [1.807, 2.05) is 6.07 Å². The first kappa shape index (κ1) is 13.3. The number of anilines is 2. The van der Waals surface area contributed by atoms with Crippen molar-refractivity contribution >= 4 is 23.4 Å². The molecule has 2 rings (SSSR count). The van der Waals surface area contributed by atoms with Crippen molar-refractivity contribution in [3.05, 3.63) is 18.3 Å².